The Morgan fingerprint density at radius 1 is 1.67 bits per heavy atom. The van der Waals surface area contributed by atoms with Crippen LogP contribution in [0.5, 0.6) is 0 Å². The number of carbonyl (C=O) groups excluding carboxylic acids is 1. The molecule has 64 valence electrons. The van der Waals surface area contributed by atoms with E-state index in [0.717, 1.165) is 25.8 Å². The first kappa shape index (κ1) is 7.80. The third-order valence-electron chi connectivity index (χ3n) is 2.30. The highest BCUT2D eigenvalue weighted by Crippen LogP contribution is 2.32. The third kappa shape index (κ3) is 1.25. The van der Waals surface area contributed by atoms with Gasteiger partial charge in [0, 0.05) is 11.4 Å². The molecule has 1 fully saturated rings. The number of likely N-dealkylation sites (tertiary alicyclic amines) is 1. The maximum atomic E-state index is 10.6. The fourth-order valence-electron chi connectivity index (χ4n) is 1.70. The van der Waals surface area contributed by atoms with Gasteiger partial charge in [-0.3, -0.25) is 4.79 Å². The quantitative estimate of drug-likeness (QED) is 0.639. The van der Waals surface area contributed by atoms with Crippen molar-refractivity contribution < 1.29 is 4.79 Å². The second kappa shape index (κ2) is 3.27. The zero-order chi connectivity index (χ0) is 8.39. The number of hydrogen-bond donors (Lipinski definition) is 0. The second-order valence-electron chi connectivity index (χ2n) is 3.02. The fraction of sp³-hybridized carbons (Fsp3) is 0.444. The smallest absolute Gasteiger partial charge is 0.210 e. The van der Waals surface area contributed by atoms with Crippen LogP contribution >= 0.6 is 11.3 Å². The molecule has 1 aliphatic rings. The molecular formula is C9H11NOS. The normalized spacial score (nSPS) is 23.0. The average Bonchev–Trinajstić information content (AvgIpc) is 2.74. The predicted octanol–water partition coefficient (Wildman–Crippen LogP) is 2.04. The van der Waals surface area contributed by atoms with Crippen molar-refractivity contribution in [2.75, 3.05) is 6.54 Å². The molecule has 2 rings (SSSR count). The highest BCUT2D eigenvalue weighted by atomic mass is 32.1. The van der Waals surface area contributed by atoms with Gasteiger partial charge in [0.15, 0.2) is 0 Å². The number of carbonyl (C=O) groups is 1. The molecule has 1 aromatic rings. The Bertz CT molecular complexity index is 258. The number of rotatable bonds is 2. The van der Waals surface area contributed by atoms with Crippen molar-refractivity contribution in [3.63, 3.8) is 0 Å². The number of hydrogen-bond acceptors (Lipinski definition) is 2. The first-order valence-electron chi connectivity index (χ1n) is 4.16. The van der Waals surface area contributed by atoms with E-state index in [2.05, 4.69) is 11.4 Å². The van der Waals surface area contributed by atoms with E-state index in [4.69, 9.17) is 0 Å². The lowest BCUT2D eigenvalue weighted by molar-refractivity contribution is -0.118. The van der Waals surface area contributed by atoms with Crippen LogP contribution in [-0.2, 0) is 4.79 Å². The van der Waals surface area contributed by atoms with Gasteiger partial charge in [0.05, 0.1) is 6.04 Å². The molecule has 2 heterocycles. The molecule has 0 spiro atoms. The van der Waals surface area contributed by atoms with Crippen molar-refractivity contribution in [3.8, 4) is 0 Å². The van der Waals surface area contributed by atoms with Gasteiger partial charge in [-0.1, -0.05) is 6.07 Å². The lowest BCUT2D eigenvalue weighted by Gasteiger charge is -2.17. The van der Waals surface area contributed by atoms with Gasteiger partial charge >= 0.3 is 0 Å². The molecule has 1 aliphatic heterocycles. The molecule has 0 aliphatic carbocycles. The van der Waals surface area contributed by atoms with E-state index in [1.165, 1.54) is 4.88 Å². The van der Waals surface area contributed by atoms with Gasteiger partial charge in [-0.15, -0.1) is 11.3 Å². The van der Waals surface area contributed by atoms with Crippen molar-refractivity contribution in [1.29, 1.82) is 0 Å². The molecule has 0 bridgehead atoms. The number of amides is 1. The van der Waals surface area contributed by atoms with Crippen LogP contribution in [0.15, 0.2) is 17.5 Å². The molecule has 12 heavy (non-hydrogen) atoms. The molecule has 1 amide bonds. The molecule has 1 aromatic heterocycles. The monoisotopic (exact) mass is 181 g/mol. The molecule has 0 unspecified atom stereocenters. The summed E-state index contributed by atoms with van der Waals surface area (Å²) in [6, 6.07) is 4.51. The van der Waals surface area contributed by atoms with Crippen LogP contribution in [0, 0.1) is 0 Å². The minimum atomic E-state index is 0.363. The Morgan fingerprint density at radius 3 is 3.25 bits per heavy atom. The molecular weight excluding hydrogens is 170 g/mol. The zero-order valence-corrected chi connectivity index (χ0v) is 7.59. The molecule has 1 saturated heterocycles. The van der Waals surface area contributed by atoms with Gasteiger partial charge < -0.3 is 4.90 Å². The summed E-state index contributed by atoms with van der Waals surface area (Å²) in [5, 5.41) is 2.07. The lowest BCUT2D eigenvalue weighted by Crippen LogP contribution is -2.20. The van der Waals surface area contributed by atoms with E-state index in [9.17, 15) is 4.79 Å². The van der Waals surface area contributed by atoms with Crippen LogP contribution < -0.4 is 0 Å². The van der Waals surface area contributed by atoms with Gasteiger partial charge in [-0.25, -0.2) is 0 Å². The average molecular weight is 181 g/mol. The van der Waals surface area contributed by atoms with E-state index in [1.807, 2.05) is 11.0 Å². The second-order valence-corrected chi connectivity index (χ2v) is 4.00. The Kier molecular flexibility index (Phi) is 2.13. The van der Waals surface area contributed by atoms with Crippen LogP contribution in [0.4, 0.5) is 0 Å². The van der Waals surface area contributed by atoms with Crippen LogP contribution in [0.2, 0.25) is 0 Å². The highest BCUT2D eigenvalue weighted by molar-refractivity contribution is 7.10. The van der Waals surface area contributed by atoms with Gasteiger partial charge in [-0.2, -0.15) is 0 Å². The van der Waals surface area contributed by atoms with Crippen molar-refractivity contribution in [3.05, 3.63) is 22.4 Å². The molecule has 1 atom stereocenters. The van der Waals surface area contributed by atoms with Crippen molar-refractivity contribution in [1.82, 2.24) is 4.90 Å². The van der Waals surface area contributed by atoms with Gasteiger partial charge in [0.2, 0.25) is 6.41 Å². The summed E-state index contributed by atoms with van der Waals surface area (Å²) in [6.07, 6.45) is 3.23. The molecule has 0 radical (unpaired) electrons. The maximum absolute atomic E-state index is 10.6. The molecule has 0 saturated carbocycles. The Balaban J connectivity index is 2.18. The Labute approximate surface area is 75.8 Å². The summed E-state index contributed by atoms with van der Waals surface area (Å²) in [5.41, 5.74) is 0. The fourth-order valence-corrected chi connectivity index (χ4v) is 2.58. The summed E-state index contributed by atoms with van der Waals surface area (Å²) in [7, 11) is 0. The minimum Gasteiger partial charge on any atom is -0.337 e. The summed E-state index contributed by atoms with van der Waals surface area (Å²) in [6.45, 7) is 0.923. The standard InChI is InChI=1S/C9H11NOS/c11-7-10-5-1-3-8(10)9-4-2-6-12-9/h2,4,6-8H,1,3,5H2/t8-/m0/s1. The molecule has 3 heteroatoms. The van der Waals surface area contributed by atoms with E-state index in [1.54, 1.807) is 11.3 Å². The third-order valence-corrected chi connectivity index (χ3v) is 3.27. The molecule has 0 N–H and O–H groups in total. The van der Waals surface area contributed by atoms with Crippen LogP contribution in [0.1, 0.15) is 23.8 Å². The summed E-state index contributed by atoms with van der Waals surface area (Å²) in [4.78, 5) is 13.9. The van der Waals surface area contributed by atoms with Crippen molar-refractivity contribution in [2.24, 2.45) is 0 Å². The molecule has 2 nitrogen and oxygen atoms in total. The minimum absolute atomic E-state index is 0.363. The van der Waals surface area contributed by atoms with E-state index in [-0.39, 0.29) is 0 Å². The van der Waals surface area contributed by atoms with Gasteiger partial charge in [0.1, 0.15) is 0 Å². The van der Waals surface area contributed by atoms with E-state index < -0.39 is 0 Å². The first-order valence-corrected chi connectivity index (χ1v) is 5.04. The summed E-state index contributed by atoms with van der Waals surface area (Å²) in [5.74, 6) is 0. The Morgan fingerprint density at radius 2 is 2.58 bits per heavy atom. The van der Waals surface area contributed by atoms with E-state index >= 15 is 0 Å². The SMILES string of the molecule is O=CN1CCC[C@H]1c1cccs1. The van der Waals surface area contributed by atoms with Crippen molar-refractivity contribution in [2.45, 2.75) is 18.9 Å². The van der Waals surface area contributed by atoms with Crippen LogP contribution in [0.25, 0.3) is 0 Å². The number of thiophene rings is 1. The van der Waals surface area contributed by atoms with Gasteiger partial charge in [0.25, 0.3) is 0 Å². The molecule has 0 aromatic carbocycles. The van der Waals surface area contributed by atoms with Crippen LogP contribution in [-0.4, -0.2) is 17.9 Å². The number of nitrogens with zero attached hydrogens (tertiary/aromatic N) is 1. The Hall–Kier alpha value is -0.830. The summed E-state index contributed by atoms with van der Waals surface area (Å²) >= 11 is 1.74. The topological polar surface area (TPSA) is 20.3 Å². The zero-order valence-electron chi connectivity index (χ0n) is 6.77. The highest BCUT2D eigenvalue weighted by Gasteiger charge is 2.24. The maximum Gasteiger partial charge on any atom is 0.210 e. The largest absolute Gasteiger partial charge is 0.337 e. The van der Waals surface area contributed by atoms with Crippen LogP contribution in [0.3, 0.4) is 0 Å². The van der Waals surface area contributed by atoms with Gasteiger partial charge in [-0.05, 0) is 24.3 Å². The predicted molar refractivity (Wildman–Crippen MR) is 49.1 cm³/mol. The summed E-state index contributed by atoms with van der Waals surface area (Å²) < 4.78 is 0. The van der Waals surface area contributed by atoms with Crippen molar-refractivity contribution >= 4 is 17.7 Å². The lowest BCUT2D eigenvalue weighted by atomic mass is 10.2. The van der Waals surface area contributed by atoms with E-state index in [0.29, 0.717) is 6.04 Å². The first-order chi connectivity index (χ1) is 5.92.